The largest absolute Gasteiger partial charge is 0.444 e. The van der Waals surface area contributed by atoms with Crippen LogP contribution in [-0.4, -0.2) is 69.3 Å². The van der Waals surface area contributed by atoms with Crippen LogP contribution in [0.15, 0.2) is 17.1 Å². The third-order valence-corrected chi connectivity index (χ3v) is 8.15. The van der Waals surface area contributed by atoms with E-state index in [1.54, 1.807) is 30.1 Å². The molecule has 4 atom stereocenters. The van der Waals surface area contributed by atoms with Crippen LogP contribution < -0.4 is 16.0 Å². The van der Waals surface area contributed by atoms with E-state index in [1.807, 2.05) is 19.2 Å². The summed E-state index contributed by atoms with van der Waals surface area (Å²) in [6.07, 6.45) is 2.67. The van der Waals surface area contributed by atoms with Crippen LogP contribution in [0.25, 0.3) is 0 Å². The Balaban J connectivity index is 1.85. The highest BCUT2D eigenvalue weighted by Gasteiger charge is 2.28. The van der Waals surface area contributed by atoms with Crippen LogP contribution in [0.2, 0.25) is 0 Å². The van der Waals surface area contributed by atoms with Gasteiger partial charge in [0, 0.05) is 36.6 Å². The lowest BCUT2D eigenvalue weighted by molar-refractivity contribution is -0.126. The zero-order valence-electron chi connectivity index (χ0n) is 23.6. The molecule has 0 radical (unpaired) electrons. The van der Waals surface area contributed by atoms with E-state index < -0.39 is 30.2 Å². The maximum atomic E-state index is 13.0. The Morgan fingerprint density at radius 1 is 1.05 bits per heavy atom. The average molecular weight is 583 g/mol. The molecule has 0 saturated heterocycles. The Bertz CT molecular complexity index is 1030. The van der Waals surface area contributed by atoms with Crippen LogP contribution >= 0.6 is 22.7 Å². The molecule has 2 aromatic rings. The van der Waals surface area contributed by atoms with Crippen molar-refractivity contribution >= 4 is 40.7 Å². The van der Waals surface area contributed by atoms with Crippen molar-refractivity contribution in [3.05, 3.63) is 32.7 Å². The Morgan fingerprint density at radius 2 is 1.72 bits per heavy atom. The summed E-state index contributed by atoms with van der Waals surface area (Å²) >= 11 is 2.97. The van der Waals surface area contributed by atoms with Crippen molar-refractivity contribution in [2.75, 3.05) is 7.05 Å². The summed E-state index contributed by atoms with van der Waals surface area (Å²) in [5.41, 5.74) is 2.46. The minimum Gasteiger partial charge on any atom is -0.444 e. The SMILES string of the molecule is CCC(CCC(CC)NC(=O)C(NC(=O)N(C)Cc1csc(C(C)C)n1)C(C)O)NC(=O)OCc1cncs1. The minimum absolute atomic E-state index is 0.118. The first-order valence-corrected chi connectivity index (χ1v) is 15.0. The number of alkyl carbamates (subject to hydrolysis) is 1. The number of amides is 4. The molecule has 39 heavy (non-hydrogen) atoms. The first kappa shape index (κ1) is 32.4. The van der Waals surface area contributed by atoms with Gasteiger partial charge in [0.2, 0.25) is 5.91 Å². The third-order valence-electron chi connectivity index (χ3n) is 6.20. The Labute approximate surface area is 238 Å². The molecule has 0 saturated carbocycles. The highest BCUT2D eigenvalue weighted by atomic mass is 32.1. The smallest absolute Gasteiger partial charge is 0.407 e. The summed E-state index contributed by atoms with van der Waals surface area (Å²) in [7, 11) is 1.62. The molecule has 0 bridgehead atoms. The number of ether oxygens (including phenoxy) is 1. The Morgan fingerprint density at radius 3 is 2.26 bits per heavy atom. The number of nitrogens with zero attached hydrogens (tertiary/aromatic N) is 3. The number of nitrogens with one attached hydrogen (secondary N) is 3. The van der Waals surface area contributed by atoms with Gasteiger partial charge in [-0.2, -0.15) is 0 Å². The molecule has 2 heterocycles. The van der Waals surface area contributed by atoms with Crippen LogP contribution in [0.3, 0.4) is 0 Å². The Hall–Kier alpha value is -2.77. The summed E-state index contributed by atoms with van der Waals surface area (Å²) in [4.78, 5) is 48.8. The van der Waals surface area contributed by atoms with Gasteiger partial charge in [0.05, 0.1) is 33.7 Å². The van der Waals surface area contributed by atoms with Crippen molar-refractivity contribution in [3.63, 3.8) is 0 Å². The maximum Gasteiger partial charge on any atom is 0.407 e. The fraction of sp³-hybridized carbons (Fsp3) is 0.654. The van der Waals surface area contributed by atoms with Crippen LogP contribution in [0.1, 0.15) is 81.8 Å². The van der Waals surface area contributed by atoms with E-state index in [0.29, 0.717) is 38.1 Å². The molecule has 4 amide bonds. The number of aliphatic hydroxyl groups is 1. The monoisotopic (exact) mass is 582 g/mol. The van der Waals surface area contributed by atoms with Crippen molar-refractivity contribution in [3.8, 4) is 0 Å². The molecule has 0 aromatic carbocycles. The predicted molar refractivity (Wildman–Crippen MR) is 153 cm³/mol. The lowest BCUT2D eigenvalue weighted by Gasteiger charge is -2.27. The number of rotatable bonds is 15. The second-order valence-corrected chi connectivity index (χ2v) is 11.7. The number of hydrogen-bond donors (Lipinski definition) is 4. The van der Waals surface area contributed by atoms with E-state index in [4.69, 9.17) is 4.74 Å². The number of carbonyl (C=O) groups excluding carboxylic acids is 3. The highest BCUT2D eigenvalue weighted by molar-refractivity contribution is 7.09. The predicted octanol–water partition coefficient (Wildman–Crippen LogP) is 3.99. The van der Waals surface area contributed by atoms with E-state index >= 15 is 0 Å². The molecule has 4 N–H and O–H groups in total. The fourth-order valence-corrected chi connectivity index (χ4v) is 5.06. The van der Waals surface area contributed by atoms with Crippen LogP contribution in [-0.2, 0) is 22.7 Å². The van der Waals surface area contributed by atoms with Crippen molar-refractivity contribution < 1.29 is 24.2 Å². The molecular formula is C26H42N6O5S2. The quantitative estimate of drug-likeness (QED) is 0.248. The number of carbonyl (C=O) groups is 3. The van der Waals surface area contributed by atoms with E-state index in [1.165, 1.54) is 23.2 Å². The van der Waals surface area contributed by atoms with Gasteiger partial charge in [-0.25, -0.2) is 14.6 Å². The van der Waals surface area contributed by atoms with Crippen molar-refractivity contribution in [2.24, 2.45) is 0 Å². The topological polar surface area (TPSA) is 146 Å². The summed E-state index contributed by atoms with van der Waals surface area (Å²) in [6, 6.07) is -1.90. The zero-order chi connectivity index (χ0) is 28.9. The molecule has 2 rings (SSSR count). The molecule has 0 aliphatic heterocycles. The second kappa shape index (κ2) is 16.4. The highest BCUT2D eigenvalue weighted by Crippen LogP contribution is 2.20. The van der Waals surface area contributed by atoms with Gasteiger partial charge >= 0.3 is 12.1 Å². The van der Waals surface area contributed by atoms with Gasteiger partial charge in [-0.1, -0.05) is 27.7 Å². The number of hydrogen-bond acceptors (Lipinski definition) is 9. The van der Waals surface area contributed by atoms with Gasteiger partial charge in [0.15, 0.2) is 0 Å². The summed E-state index contributed by atoms with van der Waals surface area (Å²) in [6.45, 7) is 9.98. The number of thiazole rings is 2. The molecule has 4 unspecified atom stereocenters. The normalized spacial score (nSPS) is 14.3. The average Bonchev–Trinajstić information content (AvgIpc) is 3.59. The number of aliphatic hydroxyl groups excluding tert-OH is 1. The molecule has 0 fully saturated rings. The van der Waals surface area contributed by atoms with E-state index in [-0.39, 0.29) is 18.7 Å². The zero-order valence-corrected chi connectivity index (χ0v) is 25.2. The number of aromatic nitrogens is 2. The van der Waals surface area contributed by atoms with E-state index in [9.17, 15) is 19.5 Å². The Kier molecular flexibility index (Phi) is 13.6. The van der Waals surface area contributed by atoms with Gasteiger partial charge in [-0.15, -0.1) is 22.7 Å². The van der Waals surface area contributed by atoms with Gasteiger partial charge in [0.25, 0.3) is 0 Å². The fourth-order valence-electron chi connectivity index (χ4n) is 3.73. The van der Waals surface area contributed by atoms with E-state index in [0.717, 1.165) is 15.6 Å². The summed E-state index contributed by atoms with van der Waals surface area (Å²) in [5, 5.41) is 21.6. The summed E-state index contributed by atoms with van der Waals surface area (Å²) in [5.74, 6) is -0.150. The lowest BCUT2D eigenvalue weighted by Crippen LogP contribution is -2.56. The maximum absolute atomic E-state index is 13.0. The standard InChI is InChI=1S/C26H42N6O5S2/c1-7-18(9-10-19(8-2)30-26(36)37-13-21-11-27-15-39-21)28-23(34)22(17(5)33)31-25(35)32(6)12-20-14-38-24(29-20)16(3)4/h11,14-19,22,33H,7-10,12-13H2,1-6H3,(H,28,34)(H,30,36)(H,31,35). The lowest BCUT2D eigenvalue weighted by atomic mass is 10.0. The van der Waals surface area contributed by atoms with E-state index in [2.05, 4.69) is 39.8 Å². The first-order chi connectivity index (χ1) is 18.5. The summed E-state index contributed by atoms with van der Waals surface area (Å²) < 4.78 is 5.25. The first-order valence-electron chi connectivity index (χ1n) is 13.3. The molecule has 0 aliphatic carbocycles. The van der Waals surface area contributed by atoms with Crippen molar-refractivity contribution in [1.29, 1.82) is 0 Å². The minimum atomic E-state index is -1.11. The molecular weight excluding hydrogens is 540 g/mol. The molecule has 11 nitrogen and oxygen atoms in total. The van der Waals surface area contributed by atoms with Crippen molar-refractivity contribution in [1.82, 2.24) is 30.8 Å². The van der Waals surface area contributed by atoms with Gasteiger partial charge in [0.1, 0.15) is 12.6 Å². The third kappa shape index (κ3) is 11.1. The van der Waals surface area contributed by atoms with Crippen LogP contribution in [0.4, 0.5) is 9.59 Å². The molecule has 0 spiro atoms. The molecule has 13 heteroatoms. The number of urea groups is 1. The van der Waals surface area contributed by atoms with Crippen LogP contribution in [0, 0.1) is 0 Å². The molecule has 2 aromatic heterocycles. The van der Waals surface area contributed by atoms with Gasteiger partial charge in [-0.3, -0.25) is 9.78 Å². The van der Waals surface area contributed by atoms with Crippen molar-refractivity contribution in [2.45, 2.75) is 104 Å². The van der Waals surface area contributed by atoms with Crippen LogP contribution in [0.5, 0.6) is 0 Å². The molecule has 0 aliphatic rings. The van der Waals surface area contributed by atoms with Gasteiger partial charge in [-0.05, 0) is 32.6 Å². The second-order valence-electron chi connectivity index (χ2n) is 9.84. The molecule has 218 valence electrons. The van der Waals surface area contributed by atoms with Gasteiger partial charge < -0.3 is 30.7 Å².